The van der Waals surface area contributed by atoms with Crippen LogP contribution in [-0.2, 0) is 9.59 Å². The summed E-state index contributed by atoms with van der Waals surface area (Å²) < 4.78 is 0. The third kappa shape index (κ3) is 1.73. The van der Waals surface area contributed by atoms with E-state index in [2.05, 4.69) is 0 Å². The monoisotopic (exact) mass is 259 g/mol. The Morgan fingerprint density at radius 2 is 1.95 bits per heavy atom. The predicted octanol–water partition coefficient (Wildman–Crippen LogP) is 1.26. The van der Waals surface area contributed by atoms with Crippen molar-refractivity contribution in [2.24, 2.45) is 16.7 Å². The highest BCUT2D eigenvalue weighted by molar-refractivity contribution is 6.10. The zero-order chi connectivity index (χ0) is 14.3. The van der Waals surface area contributed by atoms with Gasteiger partial charge >= 0.3 is 0 Å². The van der Waals surface area contributed by atoms with Gasteiger partial charge in [-0.3, -0.25) is 9.59 Å². The van der Waals surface area contributed by atoms with Gasteiger partial charge in [-0.05, 0) is 25.2 Å². The van der Waals surface area contributed by atoms with Crippen molar-refractivity contribution in [2.45, 2.75) is 33.1 Å². The molecule has 0 aliphatic heterocycles. The molecule has 0 aromatic carbocycles. The topological polar surface area (TPSA) is 85.0 Å². The molecule has 2 rings (SSSR count). The van der Waals surface area contributed by atoms with E-state index in [1.165, 1.54) is 4.90 Å². The van der Waals surface area contributed by atoms with Gasteiger partial charge in [0.15, 0.2) is 5.78 Å². The molecule has 2 bridgehead atoms. The zero-order valence-corrected chi connectivity index (χ0v) is 11.3. The highest BCUT2D eigenvalue weighted by Crippen LogP contribution is 2.60. The summed E-state index contributed by atoms with van der Waals surface area (Å²) >= 11 is 0. The largest absolute Gasteiger partial charge is 0.315 e. The quantitative estimate of drug-likeness (QED) is 0.564. The second kappa shape index (κ2) is 4.35. The van der Waals surface area contributed by atoms with Crippen molar-refractivity contribution in [3.8, 4) is 12.1 Å². The van der Waals surface area contributed by atoms with Crippen LogP contribution in [0.15, 0.2) is 0 Å². The molecule has 0 N–H and O–H groups in total. The van der Waals surface area contributed by atoms with Gasteiger partial charge in [-0.25, -0.2) is 0 Å². The van der Waals surface area contributed by atoms with Crippen LogP contribution >= 0.6 is 0 Å². The molecule has 2 aliphatic carbocycles. The highest BCUT2D eigenvalue weighted by Gasteiger charge is 2.65. The second-order valence-corrected chi connectivity index (χ2v) is 6.05. The predicted molar refractivity (Wildman–Crippen MR) is 66.4 cm³/mol. The summed E-state index contributed by atoms with van der Waals surface area (Å²) in [5.41, 5.74) is -1.43. The summed E-state index contributed by atoms with van der Waals surface area (Å²) in [6.45, 7) is 3.53. The van der Waals surface area contributed by atoms with Gasteiger partial charge in [0.2, 0.25) is 5.91 Å². The smallest absolute Gasteiger partial charge is 0.238 e. The molecule has 5 heteroatoms. The average Bonchev–Trinajstić information content (AvgIpc) is 2.89. The maximum Gasteiger partial charge on any atom is 0.238 e. The second-order valence-electron chi connectivity index (χ2n) is 6.05. The fraction of sp³-hybridized carbons (Fsp3) is 0.714. The van der Waals surface area contributed by atoms with Crippen molar-refractivity contribution in [3.63, 3.8) is 0 Å². The standard InChI is InChI=1S/C14H17N3O2/c1-13(2)10-3-4-14(9-10,11(13)18)12(19)17(7-5-15)8-6-16/h10H,3-4,7-9H2,1-2H3/t10-,14-/m0/s1. The van der Waals surface area contributed by atoms with Crippen molar-refractivity contribution in [1.29, 1.82) is 10.5 Å². The lowest BCUT2D eigenvalue weighted by Crippen LogP contribution is -2.49. The lowest BCUT2D eigenvalue weighted by molar-refractivity contribution is -0.150. The first-order chi connectivity index (χ1) is 8.90. The Kier molecular flexibility index (Phi) is 3.10. The Labute approximate surface area is 112 Å². The Morgan fingerprint density at radius 3 is 2.37 bits per heavy atom. The van der Waals surface area contributed by atoms with Crippen LogP contribution in [0.1, 0.15) is 33.1 Å². The maximum atomic E-state index is 12.6. The van der Waals surface area contributed by atoms with E-state index in [0.29, 0.717) is 12.8 Å². The van der Waals surface area contributed by atoms with Crippen LogP contribution in [0.4, 0.5) is 0 Å². The number of nitrogens with zero attached hydrogens (tertiary/aromatic N) is 3. The number of hydrogen-bond donors (Lipinski definition) is 0. The van der Waals surface area contributed by atoms with Crippen molar-refractivity contribution >= 4 is 11.7 Å². The number of rotatable bonds is 3. The lowest BCUT2D eigenvalue weighted by Gasteiger charge is -2.34. The fourth-order valence-corrected chi connectivity index (χ4v) is 3.63. The average molecular weight is 259 g/mol. The molecule has 0 aromatic rings. The van der Waals surface area contributed by atoms with Gasteiger partial charge in [0, 0.05) is 5.41 Å². The number of ketones is 1. The van der Waals surface area contributed by atoms with E-state index in [-0.39, 0.29) is 30.7 Å². The van der Waals surface area contributed by atoms with Gasteiger partial charge in [0.25, 0.3) is 0 Å². The van der Waals surface area contributed by atoms with Crippen molar-refractivity contribution < 1.29 is 9.59 Å². The first-order valence-electron chi connectivity index (χ1n) is 6.48. The third-order valence-electron chi connectivity index (χ3n) is 4.77. The molecule has 2 fully saturated rings. The summed E-state index contributed by atoms with van der Waals surface area (Å²) in [6.07, 6.45) is 2.01. The molecule has 0 aromatic heterocycles. The third-order valence-corrected chi connectivity index (χ3v) is 4.77. The molecular formula is C14H17N3O2. The SMILES string of the molecule is CC1(C)C(=O)[C@]2(C(=O)N(CC#N)CC#N)CC[C@H]1C2. The van der Waals surface area contributed by atoms with E-state index in [0.717, 1.165) is 6.42 Å². The van der Waals surface area contributed by atoms with Gasteiger partial charge in [-0.2, -0.15) is 10.5 Å². The summed E-state index contributed by atoms with van der Waals surface area (Å²) in [7, 11) is 0. The molecule has 0 spiro atoms. The van der Waals surface area contributed by atoms with Crippen molar-refractivity contribution in [2.75, 3.05) is 13.1 Å². The summed E-state index contributed by atoms with van der Waals surface area (Å²) in [5.74, 6) is -0.0919. The number of carbonyl (C=O) groups excluding carboxylic acids is 2. The van der Waals surface area contributed by atoms with Crippen LogP contribution in [0.2, 0.25) is 0 Å². The van der Waals surface area contributed by atoms with Gasteiger partial charge in [-0.15, -0.1) is 0 Å². The number of nitriles is 2. The summed E-state index contributed by atoms with van der Waals surface area (Å²) in [4.78, 5) is 26.4. The molecule has 1 amide bonds. The molecule has 100 valence electrons. The van der Waals surface area contributed by atoms with Gasteiger partial charge in [-0.1, -0.05) is 13.8 Å². The van der Waals surface area contributed by atoms with Crippen LogP contribution in [0, 0.1) is 39.4 Å². The minimum atomic E-state index is -0.970. The van der Waals surface area contributed by atoms with E-state index in [9.17, 15) is 9.59 Å². The number of amides is 1. The molecule has 0 heterocycles. The van der Waals surface area contributed by atoms with Crippen LogP contribution in [0.3, 0.4) is 0 Å². The van der Waals surface area contributed by atoms with Crippen LogP contribution in [-0.4, -0.2) is 29.7 Å². The van der Waals surface area contributed by atoms with Gasteiger partial charge in [0.05, 0.1) is 12.1 Å². The normalized spacial score (nSPS) is 30.7. The first-order valence-corrected chi connectivity index (χ1v) is 6.48. The van der Waals surface area contributed by atoms with Gasteiger partial charge in [0.1, 0.15) is 18.5 Å². The Bertz CT molecular complexity index is 496. The van der Waals surface area contributed by atoms with Crippen LogP contribution in [0.5, 0.6) is 0 Å². The molecule has 5 nitrogen and oxygen atoms in total. The molecule has 2 atom stereocenters. The molecule has 19 heavy (non-hydrogen) atoms. The van der Waals surface area contributed by atoms with E-state index in [1.54, 1.807) is 0 Å². The molecule has 0 radical (unpaired) electrons. The highest BCUT2D eigenvalue weighted by atomic mass is 16.2. The number of fused-ring (bicyclic) bond motifs is 2. The van der Waals surface area contributed by atoms with Crippen molar-refractivity contribution in [3.05, 3.63) is 0 Å². The van der Waals surface area contributed by atoms with E-state index in [1.807, 2.05) is 26.0 Å². The first kappa shape index (κ1) is 13.5. The molecular weight excluding hydrogens is 242 g/mol. The van der Waals surface area contributed by atoms with Crippen LogP contribution < -0.4 is 0 Å². The molecule has 2 aliphatic rings. The molecule has 0 unspecified atom stereocenters. The number of hydrogen-bond acceptors (Lipinski definition) is 4. The minimum absolute atomic E-state index is 0.0119. The summed E-state index contributed by atoms with van der Waals surface area (Å²) in [5, 5.41) is 17.5. The maximum absolute atomic E-state index is 12.6. The van der Waals surface area contributed by atoms with E-state index >= 15 is 0 Å². The van der Waals surface area contributed by atoms with Crippen molar-refractivity contribution in [1.82, 2.24) is 4.90 Å². The Morgan fingerprint density at radius 1 is 1.37 bits per heavy atom. The van der Waals surface area contributed by atoms with E-state index < -0.39 is 10.8 Å². The number of Topliss-reactive ketones (excluding diaryl/α,β-unsaturated/α-hetero) is 1. The fourth-order valence-electron chi connectivity index (χ4n) is 3.63. The molecule has 2 saturated carbocycles. The zero-order valence-electron chi connectivity index (χ0n) is 11.3. The minimum Gasteiger partial charge on any atom is -0.315 e. The van der Waals surface area contributed by atoms with Gasteiger partial charge < -0.3 is 4.90 Å². The Hall–Kier alpha value is -1.88. The van der Waals surface area contributed by atoms with E-state index in [4.69, 9.17) is 10.5 Å². The Balaban J connectivity index is 2.31. The van der Waals surface area contributed by atoms with Crippen LogP contribution in [0.25, 0.3) is 0 Å². The number of carbonyl (C=O) groups is 2. The molecule has 0 saturated heterocycles. The summed E-state index contributed by atoms with van der Waals surface area (Å²) in [6, 6.07) is 3.78. The lowest BCUT2D eigenvalue weighted by atomic mass is 9.70.